The van der Waals surface area contributed by atoms with E-state index in [2.05, 4.69) is 0 Å². The van der Waals surface area contributed by atoms with Gasteiger partial charge in [0.25, 0.3) is 0 Å². The summed E-state index contributed by atoms with van der Waals surface area (Å²) in [6, 6.07) is 0.907. The molecule has 0 atom stereocenters. The number of hydrogen-bond acceptors (Lipinski definition) is 3. The van der Waals surface area contributed by atoms with Crippen LogP contribution >= 0.6 is 0 Å². The number of nitrogens with zero attached hydrogens (tertiary/aromatic N) is 1. The van der Waals surface area contributed by atoms with Gasteiger partial charge in [0.1, 0.15) is 10.6 Å². The highest BCUT2D eigenvalue weighted by Gasteiger charge is 2.19. The molecule has 0 amide bonds. The zero-order chi connectivity index (χ0) is 11.8. The second-order valence-corrected chi connectivity index (χ2v) is 4.97. The van der Waals surface area contributed by atoms with Crippen molar-refractivity contribution in [2.24, 2.45) is 5.14 Å². The number of carboxylic acid groups (broad SMARTS) is 1. The minimum absolute atomic E-state index is 0.0889. The molecule has 0 unspecified atom stereocenters. The molecule has 0 bridgehead atoms. The van der Waals surface area contributed by atoms with E-state index in [4.69, 9.17) is 10.2 Å². The van der Waals surface area contributed by atoms with E-state index in [0.717, 1.165) is 6.07 Å². The lowest BCUT2D eigenvalue weighted by Crippen LogP contribution is -2.11. The third-order valence-corrected chi connectivity index (χ3v) is 2.81. The summed E-state index contributed by atoms with van der Waals surface area (Å²) >= 11 is 0. The Morgan fingerprint density at radius 1 is 1.53 bits per heavy atom. The third kappa shape index (κ3) is 2.37. The number of sulfonamides is 1. The number of carbonyl (C=O) groups is 1. The van der Waals surface area contributed by atoms with Crippen molar-refractivity contribution >= 4 is 16.0 Å². The summed E-state index contributed by atoms with van der Waals surface area (Å²) in [6.45, 7) is 3.50. The minimum atomic E-state index is -3.86. The summed E-state index contributed by atoms with van der Waals surface area (Å²) in [5, 5.41) is 13.7. The van der Waals surface area contributed by atoms with Crippen LogP contribution in [0.15, 0.2) is 17.2 Å². The number of aromatic carboxylic acids is 1. The highest BCUT2D eigenvalue weighted by atomic mass is 32.2. The SMILES string of the molecule is CC(C)n1cc(S(N)(=O)=O)cc1C(=O)O. The molecule has 6 nitrogen and oxygen atoms in total. The van der Waals surface area contributed by atoms with Crippen LogP contribution in [-0.4, -0.2) is 24.1 Å². The summed E-state index contributed by atoms with van der Waals surface area (Å²) in [4.78, 5) is 10.6. The third-order valence-electron chi connectivity index (χ3n) is 1.93. The van der Waals surface area contributed by atoms with Crippen LogP contribution in [0.5, 0.6) is 0 Å². The molecule has 7 heteroatoms. The van der Waals surface area contributed by atoms with Crippen LogP contribution in [0.1, 0.15) is 30.4 Å². The van der Waals surface area contributed by atoms with Gasteiger partial charge in [0.15, 0.2) is 0 Å². The van der Waals surface area contributed by atoms with Gasteiger partial charge in [-0.05, 0) is 19.9 Å². The summed E-state index contributed by atoms with van der Waals surface area (Å²) in [6.07, 6.45) is 1.23. The molecular formula is C8H12N2O4S. The molecule has 1 aromatic rings. The number of aromatic nitrogens is 1. The normalized spacial score (nSPS) is 12.0. The maximum Gasteiger partial charge on any atom is 0.352 e. The van der Waals surface area contributed by atoms with Crippen molar-refractivity contribution in [2.75, 3.05) is 0 Å². The van der Waals surface area contributed by atoms with Gasteiger partial charge in [-0.25, -0.2) is 18.4 Å². The number of carboxylic acids is 1. The largest absolute Gasteiger partial charge is 0.477 e. The molecule has 0 radical (unpaired) electrons. The van der Waals surface area contributed by atoms with Crippen molar-refractivity contribution in [3.8, 4) is 0 Å². The quantitative estimate of drug-likeness (QED) is 0.788. The van der Waals surface area contributed by atoms with Gasteiger partial charge in [-0.15, -0.1) is 0 Å². The maximum atomic E-state index is 11.0. The van der Waals surface area contributed by atoms with Crippen molar-refractivity contribution in [1.82, 2.24) is 4.57 Å². The zero-order valence-corrected chi connectivity index (χ0v) is 9.15. The average molecular weight is 232 g/mol. The number of rotatable bonds is 3. The molecule has 1 rings (SSSR count). The second-order valence-electron chi connectivity index (χ2n) is 3.41. The topological polar surface area (TPSA) is 102 Å². The van der Waals surface area contributed by atoms with Crippen LogP contribution in [0.3, 0.4) is 0 Å². The molecule has 0 aliphatic heterocycles. The molecule has 1 aromatic heterocycles. The van der Waals surface area contributed by atoms with E-state index in [1.165, 1.54) is 10.8 Å². The van der Waals surface area contributed by atoms with Crippen molar-refractivity contribution in [2.45, 2.75) is 24.8 Å². The smallest absolute Gasteiger partial charge is 0.352 e. The van der Waals surface area contributed by atoms with Gasteiger partial charge in [-0.1, -0.05) is 0 Å². The Labute approximate surface area is 87.4 Å². The minimum Gasteiger partial charge on any atom is -0.477 e. The lowest BCUT2D eigenvalue weighted by Gasteiger charge is -2.09. The number of hydrogen-bond donors (Lipinski definition) is 2. The van der Waals surface area contributed by atoms with E-state index in [9.17, 15) is 13.2 Å². The second kappa shape index (κ2) is 3.67. The first-order chi connectivity index (χ1) is 6.73. The van der Waals surface area contributed by atoms with Crippen LogP contribution in [0.4, 0.5) is 0 Å². The van der Waals surface area contributed by atoms with E-state index >= 15 is 0 Å². The highest BCUT2D eigenvalue weighted by molar-refractivity contribution is 7.89. The highest BCUT2D eigenvalue weighted by Crippen LogP contribution is 2.17. The first-order valence-electron chi connectivity index (χ1n) is 4.21. The van der Waals surface area contributed by atoms with Gasteiger partial charge in [0.05, 0.1) is 0 Å². The van der Waals surface area contributed by atoms with Crippen LogP contribution in [0.2, 0.25) is 0 Å². The first-order valence-corrected chi connectivity index (χ1v) is 5.76. The Bertz CT molecular complexity index is 487. The Morgan fingerprint density at radius 2 is 2.07 bits per heavy atom. The van der Waals surface area contributed by atoms with Crippen molar-refractivity contribution < 1.29 is 18.3 Å². The molecule has 1 heterocycles. The number of nitrogens with two attached hydrogens (primary N) is 1. The Balaban J connectivity index is 3.41. The fraction of sp³-hybridized carbons (Fsp3) is 0.375. The van der Waals surface area contributed by atoms with Gasteiger partial charge >= 0.3 is 5.97 Å². The van der Waals surface area contributed by atoms with Gasteiger partial charge in [-0.2, -0.15) is 0 Å². The predicted octanol–water partition coefficient (Wildman–Crippen LogP) is 0.415. The van der Waals surface area contributed by atoms with Gasteiger partial charge < -0.3 is 9.67 Å². The van der Waals surface area contributed by atoms with Crippen molar-refractivity contribution in [3.05, 3.63) is 18.0 Å². The molecular weight excluding hydrogens is 220 g/mol. The van der Waals surface area contributed by atoms with Gasteiger partial charge in [-0.3, -0.25) is 0 Å². The molecule has 0 aliphatic rings. The Hall–Kier alpha value is -1.34. The molecule has 0 saturated heterocycles. The van der Waals surface area contributed by atoms with E-state index in [1.807, 2.05) is 0 Å². The molecule has 0 fully saturated rings. The van der Waals surface area contributed by atoms with Crippen LogP contribution in [0.25, 0.3) is 0 Å². The fourth-order valence-electron chi connectivity index (χ4n) is 1.21. The molecule has 3 N–H and O–H groups in total. The van der Waals surface area contributed by atoms with Crippen LogP contribution in [-0.2, 0) is 10.0 Å². The van der Waals surface area contributed by atoms with E-state index in [0.29, 0.717) is 0 Å². The Morgan fingerprint density at radius 3 is 2.33 bits per heavy atom. The lowest BCUT2D eigenvalue weighted by atomic mass is 10.3. The molecule has 0 saturated carbocycles. The van der Waals surface area contributed by atoms with Crippen LogP contribution < -0.4 is 5.14 Å². The van der Waals surface area contributed by atoms with Gasteiger partial charge in [0.2, 0.25) is 10.0 Å². The fourth-order valence-corrected chi connectivity index (χ4v) is 1.74. The summed E-state index contributed by atoms with van der Waals surface area (Å²) in [5.41, 5.74) is -0.0889. The monoisotopic (exact) mass is 232 g/mol. The molecule has 0 aliphatic carbocycles. The average Bonchev–Trinajstić information content (AvgIpc) is 2.45. The lowest BCUT2D eigenvalue weighted by molar-refractivity contribution is 0.0683. The standard InChI is InChI=1S/C8H12N2O4S/c1-5(2)10-4-6(15(9,13)14)3-7(10)8(11)12/h3-5H,1-2H3,(H,11,12)(H2,9,13,14). The summed E-state index contributed by atoms with van der Waals surface area (Å²) < 4.78 is 23.4. The zero-order valence-electron chi connectivity index (χ0n) is 8.34. The van der Waals surface area contributed by atoms with E-state index < -0.39 is 16.0 Å². The van der Waals surface area contributed by atoms with Gasteiger partial charge in [0, 0.05) is 12.2 Å². The van der Waals surface area contributed by atoms with E-state index in [-0.39, 0.29) is 16.6 Å². The first kappa shape index (κ1) is 11.7. The molecule has 15 heavy (non-hydrogen) atoms. The maximum absolute atomic E-state index is 11.0. The van der Waals surface area contributed by atoms with Crippen molar-refractivity contribution in [1.29, 1.82) is 0 Å². The van der Waals surface area contributed by atoms with E-state index in [1.54, 1.807) is 13.8 Å². The van der Waals surface area contributed by atoms with Crippen LogP contribution in [0, 0.1) is 0 Å². The molecule has 0 aromatic carbocycles. The number of primary sulfonamides is 1. The van der Waals surface area contributed by atoms with Crippen molar-refractivity contribution in [3.63, 3.8) is 0 Å². The summed E-state index contributed by atoms with van der Waals surface area (Å²) in [7, 11) is -3.86. The Kier molecular flexibility index (Phi) is 2.87. The molecule has 0 spiro atoms. The molecule has 84 valence electrons. The summed E-state index contributed by atoms with van der Waals surface area (Å²) in [5.74, 6) is -1.18. The predicted molar refractivity (Wildman–Crippen MR) is 53.1 cm³/mol.